The van der Waals surface area contributed by atoms with Crippen LogP contribution in [0.3, 0.4) is 0 Å². The fourth-order valence-electron chi connectivity index (χ4n) is 3.95. The molecule has 148 valence electrons. The lowest BCUT2D eigenvalue weighted by Gasteiger charge is -2.17. The summed E-state index contributed by atoms with van der Waals surface area (Å²) < 4.78 is 0. The van der Waals surface area contributed by atoms with Gasteiger partial charge < -0.3 is 0 Å². The molecule has 3 rings (SSSR count). The number of hydrogen-bond acceptors (Lipinski definition) is 0. The largest absolute Gasteiger partial charge is 0.0870 e. The van der Waals surface area contributed by atoms with Crippen LogP contribution in [-0.2, 0) is 0 Å². The highest BCUT2D eigenvalue weighted by atomic mass is 14.2. The van der Waals surface area contributed by atoms with Gasteiger partial charge in [-0.1, -0.05) is 72.3 Å². The SMILES string of the molecule is C\C=C/C(=C\C(=C/C)c1cccc(C)c1)c1ccc(C)c(C2=CCCC=C2C)c1. The van der Waals surface area contributed by atoms with E-state index in [1.54, 1.807) is 0 Å². The molecule has 2 aromatic carbocycles. The van der Waals surface area contributed by atoms with Crippen LogP contribution >= 0.6 is 0 Å². The predicted molar refractivity (Wildman–Crippen MR) is 130 cm³/mol. The Morgan fingerprint density at radius 2 is 1.59 bits per heavy atom. The Bertz CT molecular complexity index is 1040. The molecule has 0 radical (unpaired) electrons. The summed E-state index contributed by atoms with van der Waals surface area (Å²) in [5.74, 6) is 0. The highest BCUT2D eigenvalue weighted by Crippen LogP contribution is 2.33. The maximum atomic E-state index is 2.39. The topological polar surface area (TPSA) is 0 Å². The molecular formula is C29H32. The molecule has 0 N–H and O–H groups in total. The first-order valence-electron chi connectivity index (χ1n) is 10.6. The first-order chi connectivity index (χ1) is 14.0. The van der Waals surface area contributed by atoms with E-state index in [9.17, 15) is 0 Å². The Morgan fingerprint density at radius 3 is 2.28 bits per heavy atom. The molecule has 0 amide bonds. The van der Waals surface area contributed by atoms with Crippen molar-refractivity contribution in [3.63, 3.8) is 0 Å². The zero-order valence-corrected chi connectivity index (χ0v) is 18.4. The molecular weight excluding hydrogens is 348 g/mol. The van der Waals surface area contributed by atoms with E-state index in [2.05, 4.69) is 114 Å². The van der Waals surface area contributed by atoms with Gasteiger partial charge in [0.05, 0.1) is 0 Å². The van der Waals surface area contributed by atoms with Gasteiger partial charge in [0.2, 0.25) is 0 Å². The Morgan fingerprint density at radius 1 is 0.828 bits per heavy atom. The first kappa shape index (κ1) is 20.9. The minimum atomic E-state index is 1.13. The summed E-state index contributed by atoms with van der Waals surface area (Å²) in [6.45, 7) is 10.8. The van der Waals surface area contributed by atoms with Gasteiger partial charge in [-0.2, -0.15) is 0 Å². The first-order valence-corrected chi connectivity index (χ1v) is 10.6. The minimum absolute atomic E-state index is 1.13. The summed E-state index contributed by atoms with van der Waals surface area (Å²) >= 11 is 0. The quantitative estimate of drug-likeness (QED) is 0.456. The number of benzene rings is 2. The van der Waals surface area contributed by atoms with Crippen LogP contribution in [0, 0.1) is 13.8 Å². The lowest BCUT2D eigenvalue weighted by molar-refractivity contribution is 1.02. The highest BCUT2D eigenvalue weighted by Gasteiger charge is 2.12. The van der Waals surface area contributed by atoms with E-state index >= 15 is 0 Å². The predicted octanol–water partition coefficient (Wildman–Crippen LogP) is 8.49. The van der Waals surface area contributed by atoms with Gasteiger partial charge in [0.15, 0.2) is 0 Å². The monoisotopic (exact) mass is 380 g/mol. The van der Waals surface area contributed by atoms with Gasteiger partial charge in [0.25, 0.3) is 0 Å². The van der Waals surface area contributed by atoms with E-state index in [1.165, 1.54) is 50.1 Å². The van der Waals surface area contributed by atoms with Crippen LogP contribution in [0.1, 0.15) is 61.4 Å². The molecule has 0 aromatic heterocycles. The molecule has 2 aromatic rings. The second kappa shape index (κ2) is 9.56. The average molecular weight is 381 g/mol. The maximum absolute atomic E-state index is 2.39. The van der Waals surface area contributed by atoms with Crippen LogP contribution in [0.15, 0.2) is 84.5 Å². The maximum Gasteiger partial charge on any atom is -0.0149 e. The molecule has 0 spiro atoms. The summed E-state index contributed by atoms with van der Waals surface area (Å²) in [5.41, 5.74) is 11.8. The van der Waals surface area contributed by atoms with Crippen LogP contribution in [-0.4, -0.2) is 0 Å². The number of hydrogen-bond donors (Lipinski definition) is 0. The number of rotatable bonds is 5. The highest BCUT2D eigenvalue weighted by molar-refractivity contribution is 5.89. The second-order valence-electron chi connectivity index (χ2n) is 7.83. The summed E-state index contributed by atoms with van der Waals surface area (Å²) in [6.07, 6.45) is 15.9. The van der Waals surface area contributed by atoms with Crippen molar-refractivity contribution in [1.82, 2.24) is 0 Å². The van der Waals surface area contributed by atoms with Gasteiger partial charge in [-0.3, -0.25) is 0 Å². The van der Waals surface area contributed by atoms with Crippen molar-refractivity contribution in [3.8, 4) is 0 Å². The van der Waals surface area contributed by atoms with E-state index in [0.717, 1.165) is 12.8 Å². The molecule has 0 unspecified atom stereocenters. The zero-order valence-electron chi connectivity index (χ0n) is 18.4. The van der Waals surface area contributed by atoms with Crippen molar-refractivity contribution in [2.45, 2.75) is 47.5 Å². The van der Waals surface area contributed by atoms with Crippen LogP contribution in [0.5, 0.6) is 0 Å². The third-order valence-electron chi connectivity index (χ3n) is 5.57. The van der Waals surface area contributed by atoms with E-state index in [0.29, 0.717) is 0 Å². The van der Waals surface area contributed by atoms with Gasteiger partial charge in [-0.25, -0.2) is 0 Å². The van der Waals surface area contributed by atoms with E-state index in [1.807, 2.05) is 0 Å². The summed E-state index contributed by atoms with van der Waals surface area (Å²) in [6, 6.07) is 15.6. The van der Waals surface area contributed by atoms with Crippen molar-refractivity contribution in [3.05, 3.63) is 112 Å². The normalized spacial score (nSPS) is 15.5. The molecule has 0 bridgehead atoms. The molecule has 0 saturated carbocycles. The minimum Gasteiger partial charge on any atom is -0.0870 e. The van der Waals surface area contributed by atoms with E-state index < -0.39 is 0 Å². The smallest absolute Gasteiger partial charge is 0.0149 e. The average Bonchev–Trinajstić information content (AvgIpc) is 2.72. The van der Waals surface area contributed by atoms with Crippen LogP contribution in [0.25, 0.3) is 16.7 Å². The van der Waals surface area contributed by atoms with Gasteiger partial charge in [-0.05, 0) is 104 Å². The summed E-state index contributed by atoms with van der Waals surface area (Å²) in [5, 5.41) is 0. The summed E-state index contributed by atoms with van der Waals surface area (Å²) in [4.78, 5) is 0. The van der Waals surface area contributed by atoms with Crippen molar-refractivity contribution in [2.24, 2.45) is 0 Å². The Kier molecular flexibility index (Phi) is 6.88. The number of allylic oxidation sites excluding steroid dienone is 10. The molecule has 0 nitrogen and oxygen atoms in total. The van der Waals surface area contributed by atoms with Crippen molar-refractivity contribution in [1.29, 1.82) is 0 Å². The number of aryl methyl sites for hydroxylation is 2. The molecule has 0 heterocycles. The van der Waals surface area contributed by atoms with Gasteiger partial charge in [0.1, 0.15) is 0 Å². The fourth-order valence-corrected chi connectivity index (χ4v) is 3.95. The zero-order chi connectivity index (χ0) is 20.8. The fraction of sp³-hybridized carbons (Fsp3) is 0.241. The van der Waals surface area contributed by atoms with E-state index in [-0.39, 0.29) is 0 Å². The van der Waals surface area contributed by atoms with Crippen molar-refractivity contribution >= 4 is 16.7 Å². The molecule has 1 aliphatic carbocycles. The van der Waals surface area contributed by atoms with Crippen LogP contribution in [0.2, 0.25) is 0 Å². The van der Waals surface area contributed by atoms with Gasteiger partial charge in [0, 0.05) is 0 Å². The van der Waals surface area contributed by atoms with Crippen LogP contribution < -0.4 is 0 Å². The lowest BCUT2D eigenvalue weighted by Crippen LogP contribution is -1.96. The third-order valence-corrected chi connectivity index (χ3v) is 5.57. The molecule has 29 heavy (non-hydrogen) atoms. The second-order valence-corrected chi connectivity index (χ2v) is 7.83. The molecule has 0 heteroatoms. The molecule has 0 fully saturated rings. The van der Waals surface area contributed by atoms with Crippen molar-refractivity contribution < 1.29 is 0 Å². The van der Waals surface area contributed by atoms with Gasteiger partial charge >= 0.3 is 0 Å². The molecule has 0 atom stereocenters. The standard InChI is InChI=1S/C29H32/c1-6-11-25(19-24(7-2)26-14-10-12-21(3)18-26)27-17-16-23(5)29(20-27)28-15-9-8-13-22(28)4/h6-7,10-20H,8-9H2,1-5H3/b11-6-,24-7+,25-19+. The van der Waals surface area contributed by atoms with Gasteiger partial charge in [-0.15, -0.1) is 0 Å². The molecule has 1 aliphatic rings. The lowest BCUT2D eigenvalue weighted by atomic mass is 9.88. The van der Waals surface area contributed by atoms with E-state index in [4.69, 9.17) is 0 Å². The Balaban J connectivity index is 2.08. The molecule has 0 aliphatic heterocycles. The van der Waals surface area contributed by atoms with Crippen LogP contribution in [0.4, 0.5) is 0 Å². The Hall–Kier alpha value is -2.86. The third kappa shape index (κ3) is 4.95. The summed E-state index contributed by atoms with van der Waals surface area (Å²) in [7, 11) is 0. The van der Waals surface area contributed by atoms with Crippen molar-refractivity contribution in [2.75, 3.05) is 0 Å². The molecule has 0 saturated heterocycles. The Labute approximate surface area is 176 Å².